The Labute approximate surface area is 116 Å². The van der Waals surface area contributed by atoms with E-state index in [1.54, 1.807) is 33.3 Å². The summed E-state index contributed by atoms with van der Waals surface area (Å²) < 4.78 is 15.2. The first-order chi connectivity index (χ1) is 9.63. The number of carbonyl (C=O) groups is 1. The summed E-state index contributed by atoms with van der Waals surface area (Å²) in [5, 5.41) is 6.42. The highest BCUT2D eigenvalue weighted by Gasteiger charge is 2.11. The van der Waals surface area contributed by atoms with Crippen LogP contribution in [0.5, 0.6) is 11.5 Å². The summed E-state index contributed by atoms with van der Waals surface area (Å²) in [4.78, 5) is 11.8. The van der Waals surface area contributed by atoms with Gasteiger partial charge in [0, 0.05) is 12.6 Å². The number of nitrogens with one attached hydrogen (secondary N) is 1. The van der Waals surface area contributed by atoms with Gasteiger partial charge in [-0.25, -0.2) is 0 Å². The van der Waals surface area contributed by atoms with Crippen LogP contribution in [-0.4, -0.2) is 25.3 Å². The predicted molar refractivity (Wildman–Crippen MR) is 72.0 cm³/mol. The number of ether oxygens (including phenoxy) is 2. The summed E-state index contributed by atoms with van der Waals surface area (Å²) in [6.45, 7) is 2.10. The second kappa shape index (κ2) is 6.10. The third kappa shape index (κ3) is 3.09. The lowest BCUT2D eigenvalue weighted by Crippen LogP contribution is -2.23. The molecule has 106 valence electrons. The Morgan fingerprint density at radius 3 is 2.60 bits per heavy atom. The molecule has 0 bridgehead atoms. The van der Waals surface area contributed by atoms with E-state index in [0.29, 0.717) is 23.8 Å². The molecule has 20 heavy (non-hydrogen) atoms. The lowest BCUT2D eigenvalue weighted by molar-refractivity contribution is 0.0941. The first-order valence-electron chi connectivity index (χ1n) is 6.06. The first-order valence-corrected chi connectivity index (χ1v) is 6.06. The van der Waals surface area contributed by atoms with Crippen molar-refractivity contribution < 1.29 is 18.8 Å². The predicted octanol–water partition coefficient (Wildman–Crippen LogP) is 1.93. The van der Waals surface area contributed by atoms with E-state index in [2.05, 4.69) is 10.5 Å². The molecule has 1 amide bonds. The molecule has 6 nitrogen and oxygen atoms in total. The number of amides is 1. The molecular formula is C14H16N2O4. The van der Waals surface area contributed by atoms with Crippen molar-refractivity contribution in [2.45, 2.75) is 13.5 Å². The molecule has 0 fully saturated rings. The molecule has 0 saturated heterocycles. The topological polar surface area (TPSA) is 73.6 Å². The lowest BCUT2D eigenvalue weighted by Gasteiger charge is -2.09. The summed E-state index contributed by atoms with van der Waals surface area (Å²) in [6.07, 6.45) is 0. The number of rotatable bonds is 5. The number of methoxy groups -OCH3 is 2. The van der Waals surface area contributed by atoms with E-state index >= 15 is 0 Å². The van der Waals surface area contributed by atoms with Gasteiger partial charge in [-0.05, 0) is 24.6 Å². The van der Waals surface area contributed by atoms with E-state index in [9.17, 15) is 4.79 Å². The molecule has 0 radical (unpaired) electrons. The highest BCUT2D eigenvalue weighted by Crippen LogP contribution is 2.27. The standard InChI is InChI=1S/C14H16N2O4/c1-9-6-11(16-20-9)14(17)15-8-10-4-5-12(18-2)13(7-10)19-3/h4-7H,8H2,1-3H3,(H,15,17). The fraction of sp³-hybridized carbons (Fsp3) is 0.286. The van der Waals surface area contributed by atoms with Gasteiger partial charge in [0.15, 0.2) is 17.2 Å². The molecule has 0 aliphatic carbocycles. The van der Waals surface area contributed by atoms with Crippen LogP contribution < -0.4 is 14.8 Å². The fourth-order valence-electron chi connectivity index (χ4n) is 1.74. The maximum atomic E-state index is 11.8. The minimum Gasteiger partial charge on any atom is -0.493 e. The quantitative estimate of drug-likeness (QED) is 0.903. The number of aryl methyl sites for hydroxylation is 1. The summed E-state index contributed by atoms with van der Waals surface area (Å²) in [5.41, 5.74) is 1.17. The number of carbonyl (C=O) groups excluding carboxylic acids is 1. The normalized spacial score (nSPS) is 10.2. The zero-order valence-corrected chi connectivity index (χ0v) is 11.6. The van der Waals surface area contributed by atoms with Crippen LogP contribution in [0.3, 0.4) is 0 Å². The van der Waals surface area contributed by atoms with Gasteiger partial charge in [-0.1, -0.05) is 11.2 Å². The minimum absolute atomic E-state index is 0.267. The molecular weight excluding hydrogens is 260 g/mol. The van der Waals surface area contributed by atoms with Gasteiger partial charge in [0.1, 0.15) is 5.76 Å². The monoisotopic (exact) mass is 276 g/mol. The second-order valence-electron chi connectivity index (χ2n) is 4.19. The van der Waals surface area contributed by atoms with Gasteiger partial charge in [0.25, 0.3) is 5.91 Å². The van der Waals surface area contributed by atoms with Crippen molar-refractivity contribution in [3.63, 3.8) is 0 Å². The van der Waals surface area contributed by atoms with Gasteiger partial charge in [-0.15, -0.1) is 0 Å². The maximum Gasteiger partial charge on any atom is 0.273 e. The van der Waals surface area contributed by atoms with Gasteiger partial charge < -0.3 is 19.3 Å². The second-order valence-corrected chi connectivity index (χ2v) is 4.19. The Hall–Kier alpha value is -2.50. The molecule has 0 saturated carbocycles. The van der Waals surface area contributed by atoms with Gasteiger partial charge >= 0.3 is 0 Å². The van der Waals surface area contributed by atoms with Crippen molar-refractivity contribution in [3.05, 3.63) is 41.3 Å². The van der Waals surface area contributed by atoms with E-state index in [4.69, 9.17) is 14.0 Å². The fourth-order valence-corrected chi connectivity index (χ4v) is 1.74. The summed E-state index contributed by atoms with van der Waals surface area (Å²) >= 11 is 0. The van der Waals surface area contributed by atoms with Crippen LogP contribution >= 0.6 is 0 Å². The number of hydrogen-bond acceptors (Lipinski definition) is 5. The molecule has 0 atom stereocenters. The molecule has 2 aromatic rings. The van der Waals surface area contributed by atoms with Crippen LogP contribution in [-0.2, 0) is 6.54 Å². The van der Waals surface area contributed by atoms with Crippen molar-refractivity contribution in [2.24, 2.45) is 0 Å². The molecule has 0 spiro atoms. The SMILES string of the molecule is COc1ccc(CNC(=O)c2cc(C)on2)cc1OC. The van der Waals surface area contributed by atoms with Crippen LogP contribution in [0.2, 0.25) is 0 Å². The van der Waals surface area contributed by atoms with Crippen LogP contribution in [0.15, 0.2) is 28.8 Å². The summed E-state index contributed by atoms with van der Waals surface area (Å²) in [6, 6.07) is 7.05. The van der Waals surface area contributed by atoms with Gasteiger partial charge in [-0.2, -0.15) is 0 Å². The van der Waals surface area contributed by atoms with Crippen molar-refractivity contribution in [1.82, 2.24) is 10.5 Å². The highest BCUT2D eigenvalue weighted by atomic mass is 16.5. The summed E-state index contributed by atoms with van der Waals surface area (Å²) in [7, 11) is 3.14. The Kier molecular flexibility index (Phi) is 4.24. The van der Waals surface area contributed by atoms with E-state index < -0.39 is 0 Å². The lowest BCUT2D eigenvalue weighted by atomic mass is 10.2. The van der Waals surface area contributed by atoms with Crippen molar-refractivity contribution in [2.75, 3.05) is 14.2 Å². The van der Waals surface area contributed by atoms with Crippen LogP contribution in [0.4, 0.5) is 0 Å². The molecule has 0 unspecified atom stereocenters. The third-order valence-electron chi connectivity index (χ3n) is 2.76. The third-order valence-corrected chi connectivity index (χ3v) is 2.76. The zero-order valence-electron chi connectivity index (χ0n) is 11.6. The van der Waals surface area contributed by atoms with Crippen LogP contribution in [0.25, 0.3) is 0 Å². The largest absolute Gasteiger partial charge is 0.493 e. The number of hydrogen-bond donors (Lipinski definition) is 1. The molecule has 0 aliphatic rings. The zero-order chi connectivity index (χ0) is 14.5. The molecule has 1 heterocycles. The highest BCUT2D eigenvalue weighted by molar-refractivity contribution is 5.92. The van der Waals surface area contributed by atoms with Crippen molar-refractivity contribution in [3.8, 4) is 11.5 Å². The summed E-state index contributed by atoms with van der Waals surface area (Å²) in [5.74, 6) is 1.59. The minimum atomic E-state index is -0.281. The smallest absolute Gasteiger partial charge is 0.273 e. The average Bonchev–Trinajstić information content (AvgIpc) is 2.91. The maximum absolute atomic E-state index is 11.8. The Morgan fingerprint density at radius 1 is 1.25 bits per heavy atom. The first kappa shape index (κ1) is 13.9. The number of nitrogens with zero attached hydrogens (tertiary/aromatic N) is 1. The molecule has 1 N–H and O–H groups in total. The van der Waals surface area contributed by atoms with E-state index in [-0.39, 0.29) is 11.6 Å². The molecule has 1 aromatic carbocycles. The van der Waals surface area contributed by atoms with Crippen molar-refractivity contribution >= 4 is 5.91 Å². The molecule has 6 heteroatoms. The van der Waals surface area contributed by atoms with Gasteiger partial charge in [0.05, 0.1) is 14.2 Å². The van der Waals surface area contributed by atoms with Gasteiger partial charge in [0.2, 0.25) is 0 Å². The average molecular weight is 276 g/mol. The molecule has 0 aliphatic heterocycles. The number of benzene rings is 1. The number of aromatic nitrogens is 1. The van der Waals surface area contributed by atoms with Crippen molar-refractivity contribution in [1.29, 1.82) is 0 Å². The van der Waals surface area contributed by atoms with E-state index in [1.165, 1.54) is 0 Å². The van der Waals surface area contributed by atoms with Crippen LogP contribution in [0, 0.1) is 6.92 Å². The Morgan fingerprint density at radius 2 is 2.00 bits per heavy atom. The Balaban J connectivity index is 2.02. The van der Waals surface area contributed by atoms with E-state index in [0.717, 1.165) is 5.56 Å². The van der Waals surface area contributed by atoms with Gasteiger partial charge in [-0.3, -0.25) is 4.79 Å². The Bertz CT molecular complexity index is 607. The van der Waals surface area contributed by atoms with E-state index in [1.807, 2.05) is 12.1 Å². The van der Waals surface area contributed by atoms with Crippen LogP contribution in [0.1, 0.15) is 21.8 Å². The molecule has 2 rings (SSSR count). The molecule has 1 aromatic heterocycles.